The van der Waals surface area contributed by atoms with Crippen LogP contribution in [0.4, 0.5) is 5.69 Å². The maximum atomic E-state index is 13.2. The summed E-state index contributed by atoms with van der Waals surface area (Å²) in [6.45, 7) is 6.78. The third-order valence-corrected chi connectivity index (χ3v) is 6.94. The van der Waals surface area contributed by atoms with E-state index in [1.807, 2.05) is 6.07 Å². The number of amides is 2. The van der Waals surface area contributed by atoms with Crippen LogP contribution in [0.25, 0.3) is 5.57 Å². The minimum absolute atomic E-state index is 0.244. The van der Waals surface area contributed by atoms with Gasteiger partial charge in [0.05, 0.1) is 21.8 Å². The summed E-state index contributed by atoms with van der Waals surface area (Å²) >= 11 is 6.24. The van der Waals surface area contributed by atoms with Crippen LogP contribution in [0.15, 0.2) is 54.8 Å². The number of hydrogen-bond acceptors (Lipinski definition) is 5. The fourth-order valence-corrected chi connectivity index (χ4v) is 4.33. The summed E-state index contributed by atoms with van der Waals surface area (Å²) in [7, 11) is 2.06. The lowest BCUT2D eigenvalue weighted by Gasteiger charge is -2.30. The Morgan fingerprint density at radius 3 is 2.56 bits per heavy atom. The molecule has 0 fully saturated rings. The number of likely N-dealkylation sites (N-methyl/N-ethyl adjacent to an activating group) is 1. The number of unbranched alkanes of at least 4 members (excludes halogenated alkanes) is 1. The van der Waals surface area contributed by atoms with E-state index >= 15 is 0 Å². The third-order valence-electron chi connectivity index (χ3n) is 6.45. The van der Waals surface area contributed by atoms with Gasteiger partial charge in [0.1, 0.15) is 6.07 Å². The Morgan fingerprint density at radius 1 is 1.22 bits per heavy atom. The number of benzene rings is 2. The summed E-state index contributed by atoms with van der Waals surface area (Å²) in [5.74, 6) is -0.380. The first-order valence-corrected chi connectivity index (χ1v) is 12.5. The topological polar surface area (TPSA) is 76.4 Å². The van der Waals surface area contributed by atoms with Crippen LogP contribution in [0.5, 0.6) is 0 Å². The van der Waals surface area contributed by atoms with Crippen LogP contribution in [0.1, 0.15) is 48.9 Å². The highest BCUT2D eigenvalue weighted by Gasteiger charge is 2.33. The number of hydrogen-bond donors (Lipinski definition) is 1. The molecule has 0 saturated heterocycles. The molecule has 0 saturated carbocycles. The maximum absolute atomic E-state index is 13.2. The first-order valence-electron chi connectivity index (χ1n) is 12.1. The third kappa shape index (κ3) is 6.42. The van der Waals surface area contributed by atoms with Crippen molar-refractivity contribution in [3.63, 3.8) is 0 Å². The van der Waals surface area contributed by atoms with Crippen molar-refractivity contribution in [2.24, 2.45) is 0 Å². The second-order valence-corrected chi connectivity index (χ2v) is 9.96. The fraction of sp³-hybridized carbons (Fsp3) is 0.345. The van der Waals surface area contributed by atoms with Crippen LogP contribution in [-0.4, -0.2) is 42.9 Å². The molecule has 2 aromatic rings. The van der Waals surface area contributed by atoms with Crippen LogP contribution in [0.2, 0.25) is 5.02 Å². The van der Waals surface area contributed by atoms with E-state index < -0.39 is 5.54 Å². The summed E-state index contributed by atoms with van der Waals surface area (Å²) in [5, 5.41) is 12.7. The Balaban J connectivity index is 1.51. The van der Waals surface area contributed by atoms with Gasteiger partial charge in [0.2, 0.25) is 6.41 Å². The maximum Gasteiger partial charge on any atom is 0.253 e. The van der Waals surface area contributed by atoms with E-state index in [0.29, 0.717) is 29.8 Å². The number of halogens is 1. The number of nitrogens with zero attached hydrogens (tertiary/aromatic N) is 3. The number of nitriles is 1. The molecule has 0 bridgehead atoms. The van der Waals surface area contributed by atoms with Gasteiger partial charge in [-0.25, -0.2) is 0 Å². The standard InChI is InChI=1S/C29H33ClN4O2/c1-21-26(13-12-25(19-31)27(21)30)34(20-35)28(36)29(2,3)32-16-6-5-7-22-8-10-23(11-9-22)24-14-17-33(4)18-15-24/h8-15,17,20,32H,5-7,16,18H2,1-4H3. The Hall–Kier alpha value is -3.40. The van der Waals surface area contributed by atoms with Gasteiger partial charge in [-0.05, 0) is 93.3 Å². The SMILES string of the molecule is Cc1c(N(C=O)C(=O)C(C)(C)NCCCCc2ccc(C3=CCN(C)C=C3)cc2)ccc(C#N)c1Cl. The van der Waals surface area contributed by atoms with Crippen molar-refractivity contribution >= 4 is 35.2 Å². The molecule has 2 amide bonds. The number of imide groups is 1. The molecular formula is C29H33ClN4O2. The summed E-state index contributed by atoms with van der Waals surface area (Å²) in [6, 6.07) is 13.8. The zero-order chi connectivity index (χ0) is 26.3. The Morgan fingerprint density at radius 2 is 1.94 bits per heavy atom. The number of aryl methyl sites for hydroxylation is 1. The normalized spacial score (nSPS) is 13.2. The predicted molar refractivity (Wildman–Crippen MR) is 146 cm³/mol. The van der Waals surface area contributed by atoms with E-state index in [1.54, 1.807) is 26.8 Å². The molecule has 0 spiro atoms. The average molecular weight is 505 g/mol. The lowest BCUT2D eigenvalue weighted by molar-refractivity contribution is -0.126. The van der Waals surface area contributed by atoms with E-state index in [1.165, 1.54) is 22.8 Å². The van der Waals surface area contributed by atoms with Gasteiger partial charge in [-0.2, -0.15) is 5.26 Å². The van der Waals surface area contributed by atoms with Crippen molar-refractivity contribution in [2.75, 3.05) is 25.0 Å². The molecule has 0 unspecified atom stereocenters. The average Bonchev–Trinajstić information content (AvgIpc) is 2.87. The lowest BCUT2D eigenvalue weighted by Crippen LogP contribution is -2.54. The van der Waals surface area contributed by atoms with Crippen molar-refractivity contribution in [1.29, 1.82) is 5.26 Å². The van der Waals surface area contributed by atoms with Crippen LogP contribution >= 0.6 is 11.6 Å². The molecule has 1 heterocycles. The lowest BCUT2D eigenvalue weighted by atomic mass is 9.99. The highest BCUT2D eigenvalue weighted by atomic mass is 35.5. The smallest absolute Gasteiger partial charge is 0.253 e. The minimum atomic E-state index is -0.954. The van der Waals surface area contributed by atoms with E-state index in [9.17, 15) is 9.59 Å². The van der Waals surface area contributed by atoms with Gasteiger partial charge in [-0.3, -0.25) is 14.5 Å². The second kappa shape index (κ2) is 12.0. The Labute approximate surface area is 218 Å². The van der Waals surface area contributed by atoms with Crippen molar-refractivity contribution in [3.05, 3.63) is 82.0 Å². The van der Waals surface area contributed by atoms with E-state index in [0.717, 1.165) is 30.7 Å². The molecule has 0 aliphatic carbocycles. The molecule has 2 aromatic carbocycles. The molecule has 0 aromatic heterocycles. The number of allylic oxidation sites excluding steroid dienone is 2. The number of anilines is 1. The quantitative estimate of drug-likeness (QED) is 0.353. The molecular weight excluding hydrogens is 472 g/mol. The Kier molecular flexibility index (Phi) is 9.08. The van der Waals surface area contributed by atoms with Gasteiger partial charge >= 0.3 is 0 Å². The molecule has 0 radical (unpaired) electrons. The highest BCUT2D eigenvalue weighted by molar-refractivity contribution is 6.33. The largest absolute Gasteiger partial charge is 0.377 e. The molecule has 6 nitrogen and oxygen atoms in total. The van der Waals surface area contributed by atoms with Crippen LogP contribution in [-0.2, 0) is 16.0 Å². The van der Waals surface area contributed by atoms with Crippen molar-refractivity contribution < 1.29 is 9.59 Å². The van der Waals surface area contributed by atoms with Gasteiger partial charge in [-0.15, -0.1) is 0 Å². The first-order chi connectivity index (χ1) is 17.2. The van der Waals surface area contributed by atoms with Gasteiger partial charge in [0, 0.05) is 13.6 Å². The fourth-order valence-electron chi connectivity index (χ4n) is 4.12. The summed E-state index contributed by atoms with van der Waals surface area (Å²) < 4.78 is 0. The van der Waals surface area contributed by atoms with Gasteiger partial charge < -0.3 is 10.2 Å². The summed E-state index contributed by atoms with van der Waals surface area (Å²) in [4.78, 5) is 28.2. The van der Waals surface area contributed by atoms with E-state index in [-0.39, 0.29) is 10.9 Å². The molecule has 1 N–H and O–H groups in total. The molecule has 1 aliphatic rings. The van der Waals surface area contributed by atoms with E-state index in [4.69, 9.17) is 16.9 Å². The van der Waals surface area contributed by atoms with Crippen molar-refractivity contribution in [2.45, 2.75) is 45.6 Å². The van der Waals surface area contributed by atoms with Gasteiger partial charge in [0.25, 0.3) is 5.91 Å². The predicted octanol–water partition coefficient (Wildman–Crippen LogP) is 5.24. The number of carbonyl (C=O) groups excluding carboxylic acids is 2. The van der Waals surface area contributed by atoms with Crippen LogP contribution in [0.3, 0.4) is 0 Å². The second-order valence-electron chi connectivity index (χ2n) is 9.58. The number of carbonyl (C=O) groups is 2. The number of rotatable bonds is 10. The molecule has 188 valence electrons. The van der Waals surface area contributed by atoms with Crippen molar-refractivity contribution in [1.82, 2.24) is 10.2 Å². The summed E-state index contributed by atoms with van der Waals surface area (Å²) in [5.41, 5.74) is 4.00. The molecule has 3 rings (SSSR count). The zero-order valence-electron chi connectivity index (χ0n) is 21.3. The molecule has 36 heavy (non-hydrogen) atoms. The molecule has 7 heteroatoms. The van der Waals surface area contributed by atoms with Crippen LogP contribution in [0, 0.1) is 18.3 Å². The number of nitrogens with one attached hydrogen (secondary N) is 1. The minimum Gasteiger partial charge on any atom is -0.377 e. The van der Waals surface area contributed by atoms with E-state index in [2.05, 4.69) is 59.9 Å². The van der Waals surface area contributed by atoms with Crippen LogP contribution < -0.4 is 10.2 Å². The van der Waals surface area contributed by atoms with Crippen molar-refractivity contribution in [3.8, 4) is 6.07 Å². The Bertz CT molecular complexity index is 1210. The molecule has 1 aliphatic heterocycles. The van der Waals surface area contributed by atoms with Gasteiger partial charge in [-0.1, -0.05) is 41.9 Å². The summed E-state index contributed by atoms with van der Waals surface area (Å²) in [6.07, 6.45) is 9.78. The van der Waals surface area contributed by atoms with Gasteiger partial charge in [0.15, 0.2) is 0 Å². The monoisotopic (exact) mass is 504 g/mol. The first kappa shape index (κ1) is 27.2. The highest BCUT2D eigenvalue weighted by Crippen LogP contribution is 2.30. The zero-order valence-corrected chi connectivity index (χ0v) is 22.1. The molecule has 0 atom stereocenters.